The van der Waals surface area contributed by atoms with Gasteiger partial charge in [-0.1, -0.05) is 0 Å². The van der Waals surface area contributed by atoms with Crippen LogP contribution in [0.25, 0.3) is 0 Å². The van der Waals surface area contributed by atoms with E-state index in [1.165, 1.54) is 18.2 Å². The van der Waals surface area contributed by atoms with Crippen LogP contribution in [0.2, 0.25) is 0 Å². The molecule has 3 rings (SSSR count). The summed E-state index contributed by atoms with van der Waals surface area (Å²) in [5, 5.41) is 5.35. The number of amides is 1. The molecule has 1 saturated heterocycles. The van der Waals surface area contributed by atoms with Crippen molar-refractivity contribution in [2.75, 3.05) is 16.8 Å². The summed E-state index contributed by atoms with van der Waals surface area (Å²) in [4.78, 5) is 12.7. The zero-order valence-corrected chi connectivity index (χ0v) is 16.1. The number of halogens is 4. The molecule has 0 spiro atoms. The van der Waals surface area contributed by atoms with Crippen molar-refractivity contribution in [3.05, 3.63) is 58.9 Å². The molecule has 1 fully saturated rings. The molecular formula is C19H18F4N2O3S. The molecular weight excluding hydrogens is 412 g/mol. The monoisotopic (exact) mass is 430 g/mol. The van der Waals surface area contributed by atoms with Gasteiger partial charge in [0.05, 0.1) is 28.3 Å². The van der Waals surface area contributed by atoms with Gasteiger partial charge in [0.15, 0.2) is 9.84 Å². The molecule has 2 aromatic rings. The van der Waals surface area contributed by atoms with Crippen LogP contribution in [0.3, 0.4) is 0 Å². The maximum Gasteiger partial charge on any atom is 0.416 e. The fraction of sp³-hybridized carbons (Fsp3) is 0.316. The van der Waals surface area contributed by atoms with E-state index in [0.717, 1.165) is 12.1 Å². The van der Waals surface area contributed by atoms with Gasteiger partial charge in [0.25, 0.3) is 5.91 Å². The van der Waals surface area contributed by atoms with E-state index in [9.17, 15) is 30.8 Å². The molecule has 5 nitrogen and oxygen atoms in total. The quantitative estimate of drug-likeness (QED) is 0.724. The Morgan fingerprint density at radius 2 is 1.79 bits per heavy atom. The Hall–Kier alpha value is -2.62. The molecule has 29 heavy (non-hydrogen) atoms. The maximum atomic E-state index is 13.3. The summed E-state index contributed by atoms with van der Waals surface area (Å²) < 4.78 is 75.8. The van der Waals surface area contributed by atoms with Crippen molar-refractivity contribution < 1.29 is 30.8 Å². The Labute approximate surface area is 165 Å². The van der Waals surface area contributed by atoms with Crippen LogP contribution >= 0.6 is 0 Å². The van der Waals surface area contributed by atoms with Crippen LogP contribution < -0.4 is 10.6 Å². The van der Waals surface area contributed by atoms with Crippen LogP contribution in [-0.4, -0.2) is 31.9 Å². The number of sulfone groups is 1. The van der Waals surface area contributed by atoms with Gasteiger partial charge in [-0.15, -0.1) is 0 Å². The van der Waals surface area contributed by atoms with Crippen LogP contribution in [0.5, 0.6) is 0 Å². The van der Waals surface area contributed by atoms with E-state index in [0.29, 0.717) is 17.3 Å². The van der Waals surface area contributed by atoms with Crippen LogP contribution in [0.15, 0.2) is 36.4 Å². The predicted molar refractivity (Wildman–Crippen MR) is 100 cm³/mol. The lowest BCUT2D eigenvalue weighted by Crippen LogP contribution is -2.36. The number of alkyl halides is 3. The second-order valence-corrected chi connectivity index (χ2v) is 9.14. The van der Waals surface area contributed by atoms with Crippen molar-refractivity contribution >= 4 is 27.1 Å². The van der Waals surface area contributed by atoms with E-state index >= 15 is 0 Å². The SMILES string of the molecule is Cc1cc(F)ccc1Nc1ccc(C(F)(F)F)cc1C(=O)NC1CCS(=O)(=O)C1. The van der Waals surface area contributed by atoms with Gasteiger partial charge < -0.3 is 10.6 Å². The van der Waals surface area contributed by atoms with Gasteiger partial charge in [0, 0.05) is 11.7 Å². The van der Waals surface area contributed by atoms with Crippen LogP contribution in [0.1, 0.15) is 27.9 Å². The minimum absolute atomic E-state index is 0.0829. The molecule has 156 valence electrons. The topological polar surface area (TPSA) is 75.3 Å². The highest BCUT2D eigenvalue weighted by Crippen LogP contribution is 2.33. The number of rotatable bonds is 4. The highest BCUT2D eigenvalue weighted by Gasteiger charge is 2.33. The van der Waals surface area contributed by atoms with Crippen molar-refractivity contribution in [3.8, 4) is 0 Å². The van der Waals surface area contributed by atoms with Gasteiger partial charge in [-0.25, -0.2) is 12.8 Å². The number of anilines is 2. The third kappa shape index (κ3) is 5.06. The summed E-state index contributed by atoms with van der Waals surface area (Å²) in [6.45, 7) is 1.61. The standard InChI is InChI=1S/C19H18F4N2O3S/c1-11-8-13(20)3-5-16(11)25-17-4-2-12(19(21,22)23)9-15(17)18(26)24-14-6-7-29(27,28)10-14/h2-5,8-9,14,25H,6-7,10H2,1H3,(H,24,26). The van der Waals surface area contributed by atoms with Gasteiger partial charge in [-0.3, -0.25) is 4.79 Å². The number of benzene rings is 2. The van der Waals surface area contributed by atoms with E-state index in [1.807, 2.05) is 0 Å². The second kappa shape index (κ2) is 7.66. The van der Waals surface area contributed by atoms with E-state index in [1.54, 1.807) is 6.92 Å². The van der Waals surface area contributed by atoms with Crippen LogP contribution in [0.4, 0.5) is 28.9 Å². The molecule has 1 aliphatic heterocycles. The Morgan fingerprint density at radius 1 is 1.10 bits per heavy atom. The first kappa shape index (κ1) is 21.1. The molecule has 0 aliphatic carbocycles. The Morgan fingerprint density at radius 3 is 2.38 bits per heavy atom. The minimum Gasteiger partial charge on any atom is -0.355 e. The minimum atomic E-state index is -4.66. The molecule has 10 heteroatoms. The smallest absolute Gasteiger partial charge is 0.355 e. The molecule has 1 aliphatic rings. The Bertz CT molecular complexity index is 1050. The Kier molecular flexibility index (Phi) is 5.57. The Balaban J connectivity index is 1.94. The average Bonchev–Trinajstić information content (AvgIpc) is 2.95. The average molecular weight is 430 g/mol. The summed E-state index contributed by atoms with van der Waals surface area (Å²) in [5.74, 6) is -1.63. The van der Waals surface area contributed by atoms with Crippen LogP contribution in [0, 0.1) is 12.7 Å². The molecule has 1 unspecified atom stereocenters. The van der Waals surface area contributed by atoms with Crippen molar-refractivity contribution in [1.82, 2.24) is 5.32 Å². The van der Waals surface area contributed by atoms with E-state index in [4.69, 9.17) is 0 Å². The summed E-state index contributed by atoms with van der Waals surface area (Å²) in [7, 11) is -3.27. The fourth-order valence-corrected chi connectivity index (χ4v) is 4.78. The lowest BCUT2D eigenvalue weighted by Gasteiger charge is -2.18. The first-order valence-corrected chi connectivity index (χ1v) is 10.5. The van der Waals surface area contributed by atoms with Crippen molar-refractivity contribution in [2.24, 2.45) is 0 Å². The molecule has 1 heterocycles. The molecule has 0 bridgehead atoms. The summed E-state index contributed by atoms with van der Waals surface area (Å²) >= 11 is 0. The third-order valence-corrected chi connectivity index (χ3v) is 6.38. The van der Waals surface area contributed by atoms with Crippen LogP contribution in [-0.2, 0) is 16.0 Å². The van der Waals surface area contributed by atoms with Crippen molar-refractivity contribution in [2.45, 2.75) is 25.6 Å². The van der Waals surface area contributed by atoms with E-state index in [-0.39, 0.29) is 29.2 Å². The van der Waals surface area contributed by atoms with E-state index in [2.05, 4.69) is 10.6 Å². The summed E-state index contributed by atoms with van der Waals surface area (Å²) in [6.07, 6.45) is -4.46. The molecule has 0 saturated carbocycles. The molecule has 2 aromatic carbocycles. The zero-order valence-electron chi connectivity index (χ0n) is 15.3. The number of carbonyl (C=O) groups is 1. The summed E-state index contributed by atoms with van der Waals surface area (Å²) in [6, 6.07) is 5.83. The first-order chi connectivity index (χ1) is 13.4. The zero-order chi connectivity index (χ0) is 21.4. The van der Waals surface area contributed by atoms with Gasteiger partial charge in [-0.05, 0) is 55.3 Å². The molecule has 1 atom stereocenters. The number of hydrogen-bond acceptors (Lipinski definition) is 4. The van der Waals surface area contributed by atoms with Crippen molar-refractivity contribution in [1.29, 1.82) is 0 Å². The lowest BCUT2D eigenvalue weighted by atomic mass is 10.1. The van der Waals surface area contributed by atoms with Gasteiger partial charge in [0.1, 0.15) is 5.82 Å². The summed E-state index contributed by atoms with van der Waals surface area (Å²) in [5.41, 5.74) is -0.288. The number of hydrogen-bond donors (Lipinski definition) is 2. The normalized spacial score (nSPS) is 18.4. The molecule has 0 radical (unpaired) electrons. The number of carbonyl (C=O) groups excluding carboxylic acids is 1. The molecule has 1 amide bonds. The maximum absolute atomic E-state index is 13.3. The highest BCUT2D eigenvalue weighted by atomic mass is 32.2. The lowest BCUT2D eigenvalue weighted by molar-refractivity contribution is -0.137. The van der Waals surface area contributed by atoms with E-state index < -0.39 is 39.3 Å². The first-order valence-electron chi connectivity index (χ1n) is 8.70. The molecule has 0 aromatic heterocycles. The van der Waals surface area contributed by atoms with Gasteiger partial charge in [-0.2, -0.15) is 13.2 Å². The highest BCUT2D eigenvalue weighted by molar-refractivity contribution is 7.91. The molecule has 2 N–H and O–H groups in total. The van der Waals surface area contributed by atoms with Gasteiger partial charge in [0.2, 0.25) is 0 Å². The van der Waals surface area contributed by atoms with Gasteiger partial charge >= 0.3 is 6.18 Å². The fourth-order valence-electron chi connectivity index (χ4n) is 3.10. The predicted octanol–water partition coefficient (Wildman–Crippen LogP) is 3.81. The third-order valence-electron chi connectivity index (χ3n) is 4.62. The number of aryl methyl sites for hydroxylation is 1. The van der Waals surface area contributed by atoms with Crippen molar-refractivity contribution in [3.63, 3.8) is 0 Å². The largest absolute Gasteiger partial charge is 0.416 e. The number of nitrogens with one attached hydrogen (secondary N) is 2. The second-order valence-electron chi connectivity index (χ2n) is 6.92.